The third-order valence-electron chi connectivity index (χ3n) is 3.18. The van der Waals surface area contributed by atoms with Gasteiger partial charge >= 0.3 is 0 Å². The number of hydrogen-bond donors (Lipinski definition) is 1. The molecular weight excluding hydrogens is 240 g/mol. The summed E-state index contributed by atoms with van der Waals surface area (Å²) in [7, 11) is 6.04. The second-order valence-corrected chi connectivity index (χ2v) is 5.07. The monoisotopic (exact) mass is 262 g/mol. The fourth-order valence-corrected chi connectivity index (χ4v) is 2.10. The van der Waals surface area contributed by atoms with Crippen molar-refractivity contribution in [3.05, 3.63) is 36.0 Å². The summed E-state index contributed by atoms with van der Waals surface area (Å²) in [5.74, 6) is 1.98. The fraction of sp³-hybridized carbons (Fsp3) is 0.500. The highest BCUT2D eigenvalue weighted by atomic mass is 16.3. The molecule has 5 heteroatoms. The van der Waals surface area contributed by atoms with E-state index in [1.807, 2.05) is 44.4 Å². The molecule has 0 aromatic carbocycles. The van der Waals surface area contributed by atoms with Gasteiger partial charge in [-0.05, 0) is 19.1 Å². The predicted molar refractivity (Wildman–Crippen MR) is 76.2 cm³/mol. The molecule has 2 heterocycles. The van der Waals surface area contributed by atoms with Crippen LogP contribution in [0.15, 0.2) is 29.0 Å². The zero-order valence-corrected chi connectivity index (χ0v) is 12.1. The molecule has 1 unspecified atom stereocenters. The molecule has 0 fully saturated rings. The molecule has 1 N–H and O–H groups in total. The van der Waals surface area contributed by atoms with Gasteiger partial charge in [-0.25, -0.2) is 4.98 Å². The SMILES string of the molecule is CC(Cc1ccco1)NCc1cnc(N(C)C)n1C. The average molecular weight is 262 g/mol. The minimum Gasteiger partial charge on any atom is -0.469 e. The summed E-state index contributed by atoms with van der Waals surface area (Å²) in [6.45, 7) is 2.96. The minimum atomic E-state index is 0.365. The number of nitrogens with one attached hydrogen (secondary N) is 1. The Bertz CT molecular complexity index is 502. The molecular formula is C14H22N4O. The predicted octanol–water partition coefficient (Wildman–Crippen LogP) is 1.80. The average Bonchev–Trinajstić information content (AvgIpc) is 2.96. The summed E-state index contributed by atoms with van der Waals surface area (Å²) in [5, 5.41) is 3.49. The normalized spacial score (nSPS) is 12.6. The molecule has 2 aromatic rings. The van der Waals surface area contributed by atoms with Gasteiger partial charge in [0.25, 0.3) is 0 Å². The third-order valence-corrected chi connectivity index (χ3v) is 3.18. The van der Waals surface area contributed by atoms with Crippen LogP contribution in [0.5, 0.6) is 0 Å². The quantitative estimate of drug-likeness (QED) is 0.862. The lowest BCUT2D eigenvalue weighted by Gasteiger charge is -2.15. The van der Waals surface area contributed by atoms with Crippen LogP contribution in [-0.2, 0) is 20.0 Å². The molecule has 2 aromatic heterocycles. The lowest BCUT2D eigenvalue weighted by atomic mass is 10.2. The number of aromatic nitrogens is 2. The zero-order chi connectivity index (χ0) is 13.8. The molecule has 1 atom stereocenters. The highest BCUT2D eigenvalue weighted by molar-refractivity contribution is 5.30. The van der Waals surface area contributed by atoms with Crippen LogP contribution in [0.25, 0.3) is 0 Å². The number of nitrogens with zero attached hydrogens (tertiary/aromatic N) is 3. The molecule has 0 aliphatic heterocycles. The van der Waals surface area contributed by atoms with E-state index in [4.69, 9.17) is 4.42 Å². The van der Waals surface area contributed by atoms with Crippen LogP contribution >= 0.6 is 0 Å². The maximum absolute atomic E-state index is 5.35. The van der Waals surface area contributed by atoms with Crippen molar-refractivity contribution in [1.29, 1.82) is 0 Å². The number of imidazole rings is 1. The van der Waals surface area contributed by atoms with Gasteiger partial charge < -0.3 is 19.2 Å². The lowest BCUT2D eigenvalue weighted by Crippen LogP contribution is -2.28. The van der Waals surface area contributed by atoms with E-state index in [1.54, 1.807) is 6.26 Å². The number of rotatable bonds is 6. The van der Waals surface area contributed by atoms with Gasteiger partial charge in [-0.2, -0.15) is 0 Å². The molecule has 2 rings (SSSR count). The second-order valence-electron chi connectivity index (χ2n) is 5.07. The second kappa shape index (κ2) is 5.93. The summed E-state index contributed by atoms with van der Waals surface area (Å²) in [4.78, 5) is 6.41. The Kier molecular flexibility index (Phi) is 4.27. The molecule has 0 aliphatic rings. The van der Waals surface area contributed by atoms with E-state index in [0.29, 0.717) is 6.04 Å². The van der Waals surface area contributed by atoms with Crippen molar-refractivity contribution in [2.75, 3.05) is 19.0 Å². The Labute approximate surface area is 114 Å². The summed E-state index contributed by atoms with van der Waals surface area (Å²) in [5.41, 5.74) is 1.18. The Balaban J connectivity index is 1.88. The maximum Gasteiger partial charge on any atom is 0.204 e. The Morgan fingerprint density at radius 3 is 2.84 bits per heavy atom. The lowest BCUT2D eigenvalue weighted by molar-refractivity contribution is 0.453. The van der Waals surface area contributed by atoms with Crippen molar-refractivity contribution >= 4 is 5.95 Å². The van der Waals surface area contributed by atoms with Crippen molar-refractivity contribution in [2.24, 2.45) is 7.05 Å². The smallest absolute Gasteiger partial charge is 0.204 e. The summed E-state index contributed by atoms with van der Waals surface area (Å²) in [6, 6.07) is 4.29. The van der Waals surface area contributed by atoms with Gasteiger partial charge in [0, 0.05) is 40.2 Å². The van der Waals surface area contributed by atoms with E-state index in [2.05, 4.69) is 21.8 Å². The molecule has 0 radical (unpaired) electrons. The van der Waals surface area contributed by atoms with Crippen molar-refractivity contribution in [3.63, 3.8) is 0 Å². The molecule has 0 saturated carbocycles. The van der Waals surface area contributed by atoms with Crippen LogP contribution in [-0.4, -0.2) is 29.7 Å². The maximum atomic E-state index is 5.35. The van der Waals surface area contributed by atoms with Crippen LogP contribution in [0, 0.1) is 0 Å². The minimum absolute atomic E-state index is 0.365. The van der Waals surface area contributed by atoms with Gasteiger partial charge in [-0.1, -0.05) is 0 Å². The van der Waals surface area contributed by atoms with Crippen LogP contribution in [0.3, 0.4) is 0 Å². The van der Waals surface area contributed by atoms with E-state index in [1.165, 1.54) is 5.69 Å². The first-order valence-corrected chi connectivity index (χ1v) is 6.51. The van der Waals surface area contributed by atoms with Crippen molar-refractivity contribution in [3.8, 4) is 0 Å². The van der Waals surface area contributed by atoms with Crippen LogP contribution in [0.1, 0.15) is 18.4 Å². The molecule has 19 heavy (non-hydrogen) atoms. The highest BCUT2D eigenvalue weighted by Gasteiger charge is 2.10. The molecule has 5 nitrogen and oxygen atoms in total. The van der Waals surface area contributed by atoms with E-state index < -0.39 is 0 Å². The van der Waals surface area contributed by atoms with E-state index in [9.17, 15) is 0 Å². The topological polar surface area (TPSA) is 46.2 Å². The Hall–Kier alpha value is -1.75. The first kappa shape index (κ1) is 13.7. The van der Waals surface area contributed by atoms with Gasteiger partial charge in [0.05, 0.1) is 18.2 Å². The standard InChI is InChI=1S/C14H22N4O/c1-11(8-13-6-5-7-19-13)15-9-12-10-16-14(17(2)3)18(12)4/h5-7,10-11,15H,8-9H2,1-4H3. The van der Waals surface area contributed by atoms with Crippen LogP contribution in [0.4, 0.5) is 5.95 Å². The zero-order valence-electron chi connectivity index (χ0n) is 12.1. The molecule has 0 aliphatic carbocycles. The van der Waals surface area contributed by atoms with Gasteiger partial charge in [0.2, 0.25) is 5.95 Å². The van der Waals surface area contributed by atoms with E-state index in [0.717, 1.165) is 24.7 Å². The molecule has 0 amide bonds. The van der Waals surface area contributed by atoms with Crippen molar-refractivity contribution in [1.82, 2.24) is 14.9 Å². The van der Waals surface area contributed by atoms with Crippen molar-refractivity contribution in [2.45, 2.75) is 25.9 Å². The largest absolute Gasteiger partial charge is 0.469 e. The van der Waals surface area contributed by atoms with Crippen LogP contribution < -0.4 is 10.2 Å². The van der Waals surface area contributed by atoms with E-state index in [-0.39, 0.29) is 0 Å². The van der Waals surface area contributed by atoms with Gasteiger partial charge in [0.15, 0.2) is 0 Å². The van der Waals surface area contributed by atoms with E-state index >= 15 is 0 Å². The Morgan fingerprint density at radius 1 is 1.47 bits per heavy atom. The molecule has 104 valence electrons. The summed E-state index contributed by atoms with van der Waals surface area (Å²) in [6.07, 6.45) is 4.53. The Morgan fingerprint density at radius 2 is 2.26 bits per heavy atom. The number of hydrogen-bond acceptors (Lipinski definition) is 4. The molecule has 0 saturated heterocycles. The first-order valence-electron chi connectivity index (χ1n) is 6.51. The fourth-order valence-electron chi connectivity index (χ4n) is 2.10. The van der Waals surface area contributed by atoms with Gasteiger partial charge in [0.1, 0.15) is 5.76 Å². The summed E-state index contributed by atoms with van der Waals surface area (Å²) < 4.78 is 7.46. The van der Waals surface area contributed by atoms with Gasteiger partial charge in [-0.15, -0.1) is 0 Å². The molecule has 0 bridgehead atoms. The highest BCUT2D eigenvalue weighted by Crippen LogP contribution is 2.11. The first-order chi connectivity index (χ1) is 9.08. The number of furan rings is 1. The number of anilines is 1. The van der Waals surface area contributed by atoms with Gasteiger partial charge in [-0.3, -0.25) is 0 Å². The third kappa shape index (κ3) is 3.38. The summed E-state index contributed by atoms with van der Waals surface area (Å²) >= 11 is 0. The molecule has 0 spiro atoms. The van der Waals surface area contributed by atoms with Crippen LogP contribution in [0.2, 0.25) is 0 Å². The van der Waals surface area contributed by atoms with Crippen molar-refractivity contribution < 1.29 is 4.42 Å².